The minimum absolute atomic E-state index is 0.277. The zero-order valence-corrected chi connectivity index (χ0v) is 17.0. The summed E-state index contributed by atoms with van der Waals surface area (Å²) in [4.78, 5) is 0. The van der Waals surface area contributed by atoms with Gasteiger partial charge in [-0.2, -0.15) is 0 Å². The lowest BCUT2D eigenvalue weighted by molar-refractivity contribution is 0.411. The van der Waals surface area contributed by atoms with E-state index in [2.05, 4.69) is 22.3 Å². The van der Waals surface area contributed by atoms with Gasteiger partial charge in [-0.15, -0.1) is 10.2 Å². The smallest absolute Gasteiger partial charge is 0.196 e. The average Bonchev–Trinajstić information content (AvgIpc) is 3.17. The van der Waals surface area contributed by atoms with Crippen molar-refractivity contribution < 1.29 is 9.13 Å². The standard InChI is InChI=1S/C23H20FN3OS/c1-16-7-13-20(14-8-16)27-22(17-9-11-19(24)12-10-17)25-26-23(27)29-15-18-5-3-4-6-21(18)28-2/h3-14H,15H2,1-2H3. The first-order chi connectivity index (χ1) is 14.2. The summed E-state index contributed by atoms with van der Waals surface area (Å²) in [6.07, 6.45) is 0. The van der Waals surface area contributed by atoms with Crippen LogP contribution in [-0.2, 0) is 5.75 Å². The molecule has 0 aliphatic rings. The Morgan fingerprint density at radius 3 is 2.38 bits per heavy atom. The molecule has 0 aliphatic heterocycles. The molecule has 3 aromatic carbocycles. The number of hydrogen-bond acceptors (Lipinski definition) is 4. The van der Waals surface area contributed by atoms with Gasteiger partial charge in [-0.25, -0.2) is 4.39 Å². The lowest BCUT2D eigenvalue weighted by Gasteiger charge is -2.12. The molecule has 0 unspecified atom stereocenters. The van der Waals surface area contributed by atoms with Crippen molar-refractivity contribution >= 4 is 11.8 Å². The molecule has 1 aromatic heterocycles. The molecule has 0 N–H and O–H groups in total. The second kappa shape index (κ2) is 8.49. The van der Waals surface area contributed by atoms with Gasteiger partial charge in [0.15, 0.2) is 11.0 Å². The minimum atomic E-state index is -0.277. The van der Waals surface area contributed by atoms with Gasteiger partial charge in [-0.3, -0.25) is 4.57 Å². The van der Waals surface area contributed by atoms with E-state index in [1.807, 2.05) is 47.9 Å². The molecule has 146 valence electrons. The number of benzene rings is 3. The Hall–Kier alpha value is -3.12. The number of para-hydroxylation sites is 1. The molecule has 4 aromatic rings. The maximum absolute atomic E-state index is 13.4. The Balaban J connectivity index is 1.73. The number of ether oxygens (including phenoxy) is 1. The molecule has 29 heavy (non-hydrogen) atoms. The van der Waals surface area contributed by atoms with Crippen molar-refractivity contribution in [3.8, 4) is 22.8 Å². The highest BCUT2D eigenvalue weighted by Crippen LogP contribution is 2.32. The maximum atomic E-state index is 13.4. The van der Waals surface area contributed by atoms with E-state index in [9.17, 15) is 4.39 Å². The van der Waals surface area contributed by atoms with E-state index >= 15 is 0 Å². The molecule has 0 radical (unpaired) electrons. The van der Waals surface area contributed by atoms with Crippen molar-refractivity contribution in [2.45, 2.75) is 17.8 Å². The van der Waals surface area contributed by atoms with Crippen molar-refractivity contribution in [3.63, 3.8) is 0 Å². The molecule has 0 atom stereocenters. The number of halogens is 1. The Morgan fingerprint density at radius 2 is 1.66 bits per heavy atom. The molecule has 0 saturated heterocycles. The number of thioether (sulfide) groups is 1. The van der Waals surface area contributed by atoms with Crippen LogP contribution in [-0.4, -0.2) is 21.9 Å². The summed E-state index contributed by atoms with van der Waals surface area (Å²) < 4.78 is 20.9. The molecule has 6 heteroatoms. The second-order valence-corrected chi connectivity index (χ2v) is 7.53. The summed E-state index contributed by atoms with van der Waals surface area (Å²) in [6, 6.07) is 22.4. The molecule has 0 spiro atoms. The molecular formula is C23H20FN3OS. The minimum Gasteiger partial charge on any atom is -0.496 e. The Bertz CT molecular complexity index is 1110. The molecule has 4 rings (SSSR count). The molecule has 0 bridgehead atoms. The van der Waals surface area contributed by atoms with Crippen LogP contribution < -0.4 is 4.74 Å². The zero-order valence-electron chi connectivity index (χ0n) is 16.2. The predicted molar refractivity (Wildman–Crippen MR) is 114 cm³/mol. The number of aromatic nitrogens is 3. The van der Waals surface area contributed by atoms with Gasteiger partial charge >= 0.3 is 0 Å². The first kappa shape index (κ1) is 19.2. The summed E-state index contributed by atoms with van der Waals surface area (Å²) in [5.41, 5.74) is 4.03. The lowest BCUT2D eigenvalue weighted by Crippen LogP contribution is -2.00. The average molecular weight is 405 g/mol. The summed E-state index contributed by atoms with van der Waals surface area (Å²) in [7, 11) is 1.67. The van der Waals surface area contributed by atoms with Crippen molar-refractivity contribution in [1.29, 1.82) is 0 Å². The van der Waals surface area contributed by atoms with Crippen LogP contribution in [0.2, 0.25) is 0 Å². The number of nitrogens with zero attached hydrogens (tertiary/aromatic N) is 3. The van der Waals surface area contributed by atoms with Crippen LogP contribution in [0, 0.1) is 12.7 Å². The Kier molecular flexibility index (Phi) is 5.62. The van der Waals surface area contributed by atoms with Crippen molar-refractivity contribution in [2.75, 3.05) is 7.11 Å². The number of aryl methyl sites for hydroxylation is 1. The molecule has 0 aliphatic carbocycles. The van der Waals surface area contributed by atoms with Crippen molar-refractivity contribution in [3.05, 3.63) is 89.7 Å². The SMILES string of the molecule is COc1ccccc1CSc1nnc(-c2ccc(F)cc2)n1-c1ccc(C)cc1. The maximum Gasteiger partial charge on any atom is 0.196 e. The normalized spacial score (nSPS) is 10.9. The van der Waals surface area contributed by atoms with Gasteiger partial charge in [0, 0.05) is 22.6 Å². The van der Waals surface area contributed by atoms with Crippen LogP contribution in [0.1, 0.15) is 11.1 Å². The largest absolute Gasteiger partial charge is 0.496 e. The van der Waals surface area contributed by atoms with Gasteiger partial charge in [0.2, 0.25) is 0 Å². The summed E-state index contributed by atoms with van der Waals surface area (Å²) in [6.45, 7) is 2.05. The Labute approximate surface area is 173 Å². The Morgan fingerprint density at radius 1 is 0.931 bits per heavy atom. The van der Waals surface area contributed by atoms with E-state index < -0.39 is 0 Å². The lowest BCUT2D eigenvalue weighted by atomic mass is 10.2. The topological polar surface area (TPSA) is 39.9 Å². The number of rotatable bonds is 6. The van der Waals surface area contributed by atoms with Gasteiger partial charge in [-0.1, -0.05) is 47.7 Å². The molecule has 0 saturated carbocycles. The van der Waals surface area contributed by atoms with Gasteiger partial charge in [0.1, 0.15) is 11.6 Å². The third kappa shape index (κ3) is 4.17. The fourth-order valence-electron chi connectivity index (χ4n) is 3.04. The molecule has 0 fully saturated rings. The molecule has 1 heterocycles. The van der Waals surface area contributed by atoms with Gasteiger partial charge in [0.05, 0.1) is 7.11 Å². The summed E-state index contributed by atoms with van der Waals surface area (Å²) in [5.74, 6) is 1.94. The zero-order chi connectivity index (χ0) is 20.2. The van der Waals surface area contributed by atoms with Gasteiger partial charge in [-0.05, 0) is 49.4 Å². The first-order valence-electron chi connectivity index (χ1n) is 9.19. The quantitative estimate of drug-likeness (QED) is 0.387. The molecular weight excluding hydrogens is 385 g/mol. The van der Waals surface area contributed by atoms with E-state index in [1.54, 1.807) is 31.0 Å². The fourth-order valence-corrected chi connectivity index (χ4v) is 3.98. The molecule has 4 nitrogen and oxygen atoms in total. The van der Waals surface area contributed by atoms with Crippen LogP contribution >= 0.6 is 11.8 Å². The summed E-state index contributed by atoms with van der Waals surface area (Å²) in [5, 5.41) is 9.60. The van der Waals surface area contributed by atoms with E-state index in [0.717, 1.165) is 27.7 Å². The van der Waals surface area contributed by atoms with Crippen molar-refractivity contribution in [2.24, 2.45) is 0 Å². The monoisotopic (exact) mass is 405 g/mol. The summed E-state index contributed by atoms with van der Waals surface area (Å²) >= 11 is 1.58. The van der Waals surface area contributed by atoms with Gasteiger partial charge < -0.3 is 4.74 Å². The van der Waals surface area contributed by atoms with Crippen LogP contribution in [0.25, 0.3) is 17.1 Å². The van der Waals surface area contributed by atoms with Crippen molar-refractivity contribution in [1.82, 2.24) is 14.8 Å². The third-order valence-corrected chi connectivity index (χ3v) is 5.56. The van der Waals surface area contributed by atoms with E-state index in [4.69, 9.17) is 4.74 Å². The first-order valence-corrected chi connectivity index (χ1v) is 10.2. The van der Waals surface area contributed by atoms with Gasteiger partial charge in [0.25, 0.3) is 0 Å². The molecule has 0 amide bonds. The number of hydrogen-bond donors (Lipinski definition) is 0. The highest BCUT2D eigenvalue weighted by molar-refractivity contribution is 7.98. The van der Waals surface area contributed by atoms with E-state index in [0.29, 0.717) is 11.6 Å². The highest BCUT2D eigenvalue weighted by atomic mass is 32.2. The van der Waals surface area contributed by atoms with Crippen LogP contribution in [0.3, 0.4) is 0 Å². The second-order valence-electron chi connectivity index (χ2n) is 6.58. The van der Waals surface area contributed by atoms with Crippen LogP contribution in [0.5, 0.6) is 5.75 Å². The van der Waals surface area contributed by atoms with Crippen LogP contribution in [0.15, 0.2) is 78.0 Å². The third-order valence-electron chi connectivity index (χ3n) is 4.58. The van der Waals surface area contributed by atoms with Crippen LogP contribution in [0.4, 0.5) is 4.39 Å². The number of methoxy groups -OCH3 is 1. The fraction of sp³-hybridized carbons (Fsp3) is 0.130. The van der Waals surface area contributed by atoms with E-state index in [-0.39, 0.29) is 5.82 Å². The van der Waals surface area contributed by atoms with E-state index in [1.165, 1.54) is 17.7 Å². The highest BCUT2D eigenvalue weighted by Gasteiger charge is 2.17. The predicted octanol–water partition coefficient (Wildman–Crippen LogP) is 5.68.